The standard InChI is InChI=1S/C24H27ClN4O3/c1-6-29-22(24(31)28(4)5)20(13-26-29)27-23(30)18-9-7-17(8-10-18)14-32-19-11-15(2)21(25)16(3)12-19/h7-13H,6,14H2,1-5H3,(H,27,30). The van der Waals surface area contributed by atoms with Crippen molar-refractivity contribution in [3.8, 4) is 5.75 Å². The Morgan fingerprint density at radius 2 is 1.75 bits per heavy atom. The third-order valence-electron chi connectivity index (χ3n) is 5.03. The number of benzene rings is 2. The summed E-state index contributed by atoms with van der Waals surface area (Å²) < 4.78 is 7.44. The van der Waals surface area contributed by atoms with Crippen LogP contribution in [0.3, 0.4) is 0 Å². The molecule has 0 saturated heterocycles. The van der Waals surface area contributed by atoms with Gasteiger partial charge in [-0.15, -0.1) is 0 Å². The summed E-state index contributed by atoms with van der Waals surface area (Å²) in [6, 6.07) is 10.9. The predicted octanol–water partition coefficient (Wildman–Crippen LogP) is 4.71. The van der Waals surface area contributed by atoms with E-state index in [1.807, 2.05) is 45.0 Å². The first-order valence-electron chi connectivity index (χ1n) is 10.3. The number of aryl methyl sites for hydroxylation is 3. The molecule has 1 heterocycles. The van der Waals surface area contributed by atoms with Crippen molar-refractivity contribution in [1.29, 1.82) is 0 Å². The van der Waals surface area contributed by atoms with Gasteiger partial charge in [0.1, 0.15) is 18.1 Å². The maximum Gasteiger partial charge on any atom is 0.273 e. The van der Waals surface area contributed by atoms with E-state index in [0.717, 1.165) is 27.5 Å². The van der Waals surface area contributed by atoms with Crippen molar-refractivity contribution in [3.05, 3.63) is 75.6 Å². The number of hydrogen-bond donors (Lipinski definition) is 1. The molecule has 32 heavy (non-hydrogen) atoms. The number of carbonyl (C=O) groups is 2. The molecule has 0 atom stereocenters. The molecule has 1 aromatic heterocycles. The number of ether oxygens (including phenoxy) is 1. The highest BCUT2D eigenvalue weighted by Crippen LogP contribution is 2.26. The Hall–Kier alpha value is -3.32. The zero-order valence-corrected chi connectivity index (χ0v) is 19.7. The van der Waals surface area contributed by atoms with Crippen LogP contribution < -0.4 is 10.1 Å². The first-order valence-corrected chi connectivity index (χ1v) is 10.7. The molecule has 8 heteroatoms. The number of aromatic nitrogens is 2. The number of nitrogens with one attached hydrogen (secondary N) is 1. The summed E-state index contributed by atoms with van der Waals surface area (Å²) in [5, 5.41) is 7.74. The molecule has 7 nitrogen and oxygen atoms in total. The number of carbonyl (C=O) groups excluding carboxylic acids is 2. The molecule has 0 radical (unpaired) electrons. The number of halogens is 1. The van der Waals surface area contributed by atoms with Crippen molar-refractivity contribution in [3.63, 3.8) is 0 Å². The van der Waals surface area contributed by atoms with Gasteiger partial charge in [-0.3, -0.25) is 14.3 Å². The van der Waals surface area contributed by atoms with Crippen LogP contribution in [-0.2, 0) is 13.2 Å². The van der Waals surface area contributed by atoms with E-state index in [1.54, 1.807) is 30.9 Å². The van der Waals surface area contributed by atoms with E-state index in [0.29, 0.717) is 30.1 Å². The van der Waals surface area contributed by atoms with Crippen LogP contribution in [-0.4, -0.2) is 40.6 Å². The lowest BCUT2D eigenvalue weighted by Gasteiger charge is -2.14. The fourth-order valence-electron chi connectivity index (χ4n) is 3.26. The molecule has 0 spiro atoms. The van der Waals surface area contributed by atoms with Crippen LogP contribution in [0.5, 0.6) is 5.75 Å². The van der Waals surface area contributed by atoms with E-state index in [9.17, 15) is 9.59 Å². The van der Waals surface area contributed by atoms with Gasteiger partial charge in [0.15, 0.2) is 0 Å². The highest BCUT2D eigenvalue weighted by Gasteiger charge is 2.21. The maximum atomic E-state index is 12.7. The van der Waals surface area contributed by atoms with Crippen molar-refractivity contribution in [1.82, 2.24) is 14.7 Å². The first-order chi connectivity index (χ1) is 15.2. The van der Waals surface area contributed by atoms with Crippen LogP contribution >= 0.6 is 11.6 Å². The van der Waals surface area contributed by atoms with E-state index in [2.05, 4.69) is 10.4 Å². The average molecular weight is 455 g/mol. The molecular weight excluding hydrogens is 428 g/mol. The second-order valence-electron chi connectivity index (χ2n) is 7.73. The summed E-state index contributed by atoms with van der Waals surface area (Å²) in [6.45, 7) is 6.66. The van der Waals surface area contributed by atoms with Crippen molar-refractivity contribution in [2.75, 3.05) is 19.4 Å². The molecule has 0 aliphatic rings. The molecule has 1 N–H and O–H groups in total. The summed E-state index contributed by atoms with van der Waals surface area (Å²) in [4.78, 5) is 26.7. The van der Waals surface area contributed by atoms with Gasteiger partial charge in [-0.2, -0.15) is 5.10 Å². The Bertz CT molecular complexity index is 1110. The van der Waals surface area contributed by atoms with Crippen LogP contribution in [0, 0.1) is 13.8 Å². The molecule has 168 valence electrons. The van der Waals surface area contributed by atoms with Crippen molar-refractivity contribution >= 4 is 29.1 Å². The van der Waals surface area contributed by atoms with Gasteiger partial charge < -0.3 is 15.0 Å². The van der Waals surface area contributed by atoms with Crippen LogP contribution in [0.1, 0.15) is 44.5 Å². The number of rotatable bonds is 7. The third kappa shape index (κ3) is 5.11. The molecule has 0 unspecified atom stereocenters. The minimum absolute atomic E-state index is 0.222. The largest absolute Gasteiger partial charge is 0.489 e. The van der Waals surface area contributed by atoms with E-state index < -0.39 is 0 Å². The lowest BCUT2D eigenvalue weighted by atomic mass is 10.1. The number of anilines is 1. The van der Waals surface area contributed by atoms with Crippen LogP contribution in [0.15, 0.2) is 42.6 Å². The van der Waals surface area contributed by atoms with E-state index in [1.165, 1.54) is 11.1 Å². The molecule has 2 amide bonds. The van der Waals surface area contributed by atoms with E-state index in [4.69, 9.17) is 16.3 Å². The highest BCUT2D eigenvalue weighted by atomic mass is 35.5. The number of nitrogens with zero attached hydrogens (tertiary/aromatic N) is 3. The summed E-state index contributed by atoms with van der Waals surface area (Å²) >= 11 is 6.20. The van der Waals surface area contributed by atoms with Gasteiger partial charge in [-0.1, -0.05) is 23.7 Å². The molecule has 0 bridgehead atoms. The maximum absolute atomic E-state index is 12.7. The zero-order chi connectivity index (χ0) is 23.4. The van der Waals surface area contributed by atoms with Gasteiger partial charge in [0.25, 0.3) is 11.8 Å². The SMILES string of the molecule is CCn1ncc(NC(=O)c2ccc(COc3cc(C)c(Cl)c(C)c3)cc2)c1C(=O)N(C)C. The van der Waals surface area contributed by atoms with Gasteiger partial charge >= 0.3 is 0 Å². The van der Waals surface area contributed by atoms with E-state index in [-0.39, 0.29) is 11.8 Å². The molecule has 0 aliphatic heterocycles. The monoisotopic (exact) mass is 454 g/mol. The highest BCUT2D eigenvalue weighted by molar-refractivity contribution is 6.32. The molecule has 0 fully saturated rings. The lowest BCUT2D eigenvalue weighted by Crippen LogP contribution is -2.26. The fourth-order valence-corrected chi connectivity index (χ4v) is 3.37. The second-order valence-corrected chi connectivity index (χ2v) is 8.11. The van der Waals surface area contributed by atoms with Crippen LogP contribution in [0.2, 0.25) is 5.02 Å². The van der Waals surface area contributed by atoms with Gasteiger partial charge in [0, 0.05) is 31.2 Å². The average Bonchev–Trinajstić information content (AvgIpc) is 3.17. The molecular formula is C24H27ClN4O3. The van der Waals surface area contributed by atoms with Crippen LogP contribution in [0.25, 0.3) is 0 Å². The summed E-state index contributed by atoms with van der Waals surface area (Å²) in [5.41, 5.74) is 4.06. The molecule has 3 rings (SSSR count). The normalized spacial score (nSPS) is 10.7. The minimum atomic E-state index is -0.315. The zero-order valence-electron chi connectivity index (χ0n) is 18.9. The second kappa shape index (κ2) is 9.87. The van der Waals surface area contributed by atoms with Crippen LogP contribution in [0.4, 0.5) is 5.69 Å². The third-order valence-corrected chi connectivity index (χ3v) is 5.62. The number of hydrogen-bond acceptors (Lipinski definition) is 4. The first kappa shape index (κ1) is 23.3. The molecule has 0 saturated carbocycles. The Morgan fingerprint density at radius 3 is 2.31 bits per heavy atom. The topological polar surface area (TPSA) is 76.5 Å². The smallest absolute Gasteiger partial charge is 0.273 e. The summed E-state index contributed by atoms with van der Waals surface area (Å²) in [7, 11) is 3.32. The Labute approximate surface area is 192 Å². The predicted molar refractivity (Wildman–Crippen MR) is 126 cm³/mol. The minimum Gasteiger partial charge on any atom is -0.489 e. The van der Waals surface area contributed by atoms with Crippen molar-refractivity contribution in [2.45, 2.75) is 33.9 Å². The quantitative estimate of drug-likeness (QED) is 0.561. The van der Waals surface area contributed by atoms with Gasteiger partial charge in [-0.05, 0) is 61.7 Å². The van der Waals surface area contributed by atoms with Gasteiger partial charge in [0.05, 0.1) is 11.9 Å². The number of amides is 2. The van der Waals surface area contributed by atoms with Gasteiger partial charge in [-0.25, -0.2) is 0 Å². The molecule has 3 aromatic rings. The fraction of sp³-hybridized carbons (Fsp3) is 0.292. The Morgan fingerprint density at radius 1 is 1.12 bits per heavy atom. The van der Waals surface area contributed by atoms with Gasteiger partial charge in [0.2, 0.25) is 0 Å². The Balaban J connectivity index is 1.68. The molecule has 2 aromatic carbocycles. The Kier molecular flexibility index (Phi) is 7.20. The lowest BCUT2D eigenvalue weighted by molar-refractivity contribution is 0.0816. The summed E-state index contributed by atoms with van der Waals surface area (Å²) in [6.07, 6.45) is 1.50. The molecule has 0 aliphatic carbocycles. The summed E-state index contributed by atoms with van der Waals surface area (Å²) in [5.74, 6) is 0.210. The van der Waals surface area contributed by atoms with E-state index >= 15 is 0 Å². The van der Waals surface area contributed by atoms with Crippen molar-refractivity contribution in [2.24, 2.45) is 0 Å². The van der Waals surface area contributed by atoms with Crippen molar-refractivity contribution < 1.29 is 14.3 Å².